The summed E-state index contributed by atoms with van der Waals surface area (Å²) in [6.45, 7) is 8.52. The van der Waals surface area contributed by atoms with Gasteiger partial charge in [-0.1, -0.05) is 19.1 Å². The van der Waals surface area contributed by atoms with Gasteiger partial charge in [-0.3, -0.25) is 9.69 Å². The Bertz CT molecular complexity index is 454. The number of carbonyl (C=O) groups excluding carboxylic acids is 1. The summed E-state index contributed by atoms with van der Waals surface area (Å²) in [6.07, 6.45) is 3.31. The second-order valence-corrected chi connectivity index (χ2v) is 4.49. The molecule has 17 heavy (non-hydrogen) atoms. The zero-order valence-corrected chi connectivity index (χ0v) is 10.4. The van der Waals surface area contributed by atoms with Crippen LogP contribution in [0, 0.1) is 12.8 Å². The first-order chi connectivity index (χ1) is 8.15. The number of hydrogen-bond donors (Lipinski definition) is 0. The van der Waals surface area contributed by atoms with Crippen LogP contribution in [-0.4, -0.2) is 17.4 Å². The van der Waals surface area contributed by atoms with E-state index in [1.54, 1.807) is 4.90 Å². The van der Waals surface area contributed by atoms with Gasteiger partial charge in [-0.15, -0.1) is 6.58 Å². The van der Waals surface area contributed by atoms with Crippen molar-refractivity contribution >= 4 is 11.7 Å². The van der Waals surface area contributed by atoms with Crippen molar-refractivity contribution in [1.29, 1.82) is 0 Å². The molecule has 0 saturated carbocycles. The van der Waals surface area contributed by atoms with Crippen LogP contribution in [0.15, 0.2) is 24.8 Å². The van der Waals surface area contributed by atoms with Gasteiger partial charge >= 0.3 is 0 Å². The van der Waals surface area contributed by atoms with E-state index in [0.29, 0.717) is 13.0 Å². The summed E-state index contributed by atoms with van der Waals surface area (Å²) in [5, 5.41) is 0. The minimum atomic E-state index is 0.155. The number of aromatic nitrogens is 1. The van der Waals surface area contributed by atoms with Crippen molar-refractivity contribution in [1.82, 2.24) is 4.98 Å². The lowest BCUT2D eigenvalue weighted by molar-refractivity contribution is -0.117. The number of pyridine rings is 1. The number of aryl methyl sites for hydroxylation is 2. The summed E-state index contributed by atoms with van der Waals surface area (Å²) in [4.78, 5) is 18.3. The van der Waals surface area contributed by atoms with E-state index < -0.39 is 0 Å². The number of nitrogens with zero attached hydrogens (tertiary/aromatic N) is 2. The maximum Gasteiger partial charge on any atom is 0.228 e. The number of anilines is 1. The summed E-state index contributed by atoms with van der Waals surface area (Å²) in [5.41, 5.74) is 2.08. The van der Waals surface area contributed by atoms with Crippen molar-refractivity contribution in [3.8, 4) is 0 Å². The second-order valence-electron chi connectivity index (χ2n) is 4.49. The molecule has 1 aromatic heterocycles. The molecule has 1 unspecified atom stereocenters. The normalized spacial score (nSPS) is 19.8. The van der Waals surface area contributed by atoms with Gasteiger partial charge in [0.2, 0.25) is 5.91 Å². The van der Waals surface area contributed by atoms with Crippen LogP contribution in [-0.2, 0) is 11.2 Å². The van der Waals surface area contributed by atoms with E-state index in [-0.39, 0.29) is 11.8 Å². The quantitative estimate of drug-likeness (QED) is 0.747. The molecule has 0 radical (unpaired) electrons. The third kappa shape index (κ3) is 2.23. The van der Waals surface area contributed by atoms with Crippen molar-refractivity contribution in [2.75, 3.05) is 11.4 Å². The van der Waals surface area contributed by atoms with E-state index in [1.807, 2.05) is 19.1 Å². The molecule has 0 bridgehead atoms. The topological polar surface area (TPSA) is 33.2 Å². The molecule has 0 spiro atoms. The zero-order valence-electron chi connectivity index (χ0n) is 10.4. The standard InChI is InChI=1S/C14H18N2O/c1-4-11-8-13(17)16(9-11)14-12(5-2)7-6-10(3)15-14/h4,6-7,11H,1,5,8-9H2,2-3H3. The molecule has 1 fully saturated rings. The predicted octanol–water partition coefficient (Wildman–Crippen LogP) is 2.49. The molecule has 1 aromatic rings. The van der Waals surface area contributed by atoms with Gasteiger partial charge in [0.15, 0.2) is 0 Å². The Kier molecular flexibility index (Phi) is 3.27. The highest BCUT2D eigenvalue weighted by Gasteiger charge is 2.30. The molecule has 3 heteroatoms. The number of carbonyl (C=O) groups is 1. The highest BCUT2D eigenvalue weighted by Crippen LogP contribution is 2.27. The molecule has 0 aliphatic carbocycles. The van der Waals surface area contributed by atoms with Crippen LogP contribution in [0.2, 0.25) is 0 Å². The van der Waals surface area contributed by atoms with Gasteiger partial charge in [-0.05, 0) is 25.0 Å². The summed E-state index contributed by atoms with van der Waals surface area (Å²) in [6, 6.07) is 4.06. The summed E-state index contributed by atoms with van der Waals surface area (Å²) in [5.74, 6) is 1.25. The lowest BCUT2D eigenvalue weighted by Gasteiger charge is -2.18. The molecular formula is C14H18N2O. The summed E-state index contributed by atoms with van der Waals surface area (Å²) in [7, 11) is 0. The molecule has 0 N–H and O–H groups in total. The third-order valence-electron chi connectivity index (χ3n) is 3.22. The molecule has 1 saturated heterocycles. The maximum absolute atomic E-state index is 12.0. The highest BCUT2D eigenvalue weighted by molar-refractivity contribution is 5.95. The Labute approximate surface area is 102 Å². The van der Waals surface area contributed by atoms with Gasteiger partial charge in [0.05, 0.1) is 0 Å². The Balaban J connectivity index is 2.36. The molecular weight excluding hydrogens is 212 g/mol. The van der Waals surface area contributed by atoms with Crippen LogP contribution < -0.4 is 4.90 Å². The summed E-state index contributed by atoms with van der Waals surface area (Å²) >= 11 is 0. The first-order valence-electron chi connectivity index (χ1n) is 6.05. The smallest absolute Gasteiger partial charge is 0.228 e. The minimum absolute atomic E-state index is 0.155. The fraction of sp³-hybridized carbons (Fsp3) is 0.429. The molecule has 1 amide bonds. The number of hydrogen-bond acceptors (Lipinski definition) is 2. The van der Waals surface area contributed by atoms with E-state index in [0.717, 1.165) is 23.5 Å². The lowest BCUT2D eigenvalue weighted by Crippen LogP contribution is -2.26. The van der Waals surface area contributed by atoms with E-state index >= 15 is 0 Å². The summed E-state index contributed by atoms with van der Waals surface area (Å²) < 4.78 is 0. The van der Waals surface area contributed by atoms with E-state index in [9.17, 15) is 4.79 Å². The van der Waals surface area contributed by atoms with Crippen LogP contribution in [0.1, 0.15) is 24.6 Å². The maximum atomic E-state index is 12.0. The Hall–Kier alpha value is -1.64. The van der Waals surface area contributed by atoms with Crippen LogP contribution in [0.4, 0.5) is 5.82 Å². The van der Waals surface area contributed by atoms with E-state index in [1.165, 1.54) is 0 Å². The van der Waals surface area contributed by atoms with Gasteiger partial charge in [0, 0.05) is 24.6 Å². The van der Waals surface area contributed by atoms with Gasteiger partial charge < -0.3 is 0 Å². The first kappa shape index (κ1) is 11.8. The van der Waals surface area contributed by atoms with Crippen LogP contribution in [0.25, 0.3) is 0 Å². The highest BCUT2D eigenvalue weighted by atomic mass is 16.2. The lowest BCUT2D eigenvalue weighted by atomic mass is 10.1. The van der Waals surface area contributed by atoms with Crippen LogP contribution in [0.3, 0.4) is 0 Å². The van der Waals surface area contributed by atoms with Crippen molar-refractivity contribution < 1.29 is 4.79 Å². The average molecular weight is 230 g/mol. The fourth-order valence-corrected chi connectivity index (χ4v) is 2.18. The molecule has 1 aliphatic rings. The molecule has 3 nitrogen and oxygen atoms in total. The van der Waals surface area contributed by atoms with Crippen molar-refractivity contribution in [3.05, 3.63) is 36.0 Å². The van der Waals surface area contributed by atoms with Crippen molar-refractivity contribution in [3.63, 3.8) is 0 Å². The number of amides is 1. The molecule has 2 rings (SSSR count). The third-order valence-corrected chi connectivity index (χ3v) is 3.22. The Morgan fingerprint density at radius 2 is 2.35 bits per heavy atom. The molecule has 90 valence electrons. The monoisotopic (exact) mass is 230 g/mol. The van der Waals surface area contributed by atoms with Gasteiger partial charge in [-0.25, -0.2) is 4.98 Å². The SMILES string of the molecule is C=CC1CC(=O)N(c2nc(C)ccc2CC)C1. The molecule has 2 heterocycles. The fourth-order valence-electron chi connectivity index (χ4n) is 2.18. The van der Waals surface area contributed by atoms with Gasteiger partial charge in [0.1, 0.15) is 5.82 Å². The molecule has 1 atom stereocenters. The average Bonchev–Trinajstić information content (AvgIpc) is 2.70. The van der Waals surface area contributed by atoms with E-state index in [2.05, 4.69) is 24.6 Å². The predicted molar refractivity (Wildman–Crippen MR) is 69.0 cm³/mol. The van der Waals surface area contributed by atoms with Gasteiger partial charge in [-0.2, -0.15) is 0 Å². The van der Waals surface area contributed by atoms with Crippen molar-refractivity contribution in [2.45, 2.75) is 26.7 Å². The molecule has 0 aromatic carbocycles. The Morgan fingerprint density at radius 3 is 2.94 bits per heavy atom. The number of rotatable bonds is 3. The zero-order chi connectivity index (χ0) is 12.4. The van der Waals surface area contributed by atoms with Crippen molar-refractivity contribution in [2.24, 2.45) is 5.92 Å². The Morgan fingerprint density at radius 1 is 1.59 bits per heavy atom. The van der Waals surface area contributed by atoms with Crippen LogP contribution in [0.5, 0.6) is 0 Å². The second kappa shape index (κ2) is 4.70. The van der Waals surface area contributed by atoms with Gasteiger partial charge in [0.25, 0.3) is 0 Å². The largest absolute Gasteiger partial charge is 0.296 e. The van der Waals surface area contributed by atoms with E-state index in [4.69, 9.17) is 0 Å². The first-order valence-corrected chi connectivity index (χ1v) is 6.05. The molecule has 1 aliphatic heterocycles. The minimum Gasteiger partial charge on any atom is -0.296 e. The van der Waals surface area contributed by atoms with Crippen LogP contribution >= 0.6 is 0 Å².